The second-order valence-electron chi connectivity index (χ2n) is 10.1. The number of hydrogen-bond donors (Lipinski definition) is 0. The summed E-state index contributed by atoms with van der Waals surface area (Å²) in [6.45, 7) is 3.07. The monoisotopic (exact) mass is 348 g/mol. The average molecular weight is 349 g/mol. The van der Waals surface area contributed by atoms with E-state index < -0.39 is 0 Å². The highest BCUT2D eigenvalue weighted by molar-refractivity contribution is 4.60. The second-order valence-corrected chi connectivity index (χ2v) is 10.1. The van der Waals surface area contributed by atoms with E-state index in [0.717, 1.165) is 52.3 Å². The summed E-state index contributed by atoms with van der Waals surface area (Å²) >= 11 is 0. The van der Waals surface area contributed by atoms with Crippen molar-refractivity contribution >= 4 is 0 Å². The summed E-state index contributed by atoms with van der Waals surface area (Å²) in [4.78, 5) is 0. The predicted molar refractivity (Wildman–Crippen MR) is 97.2 cm³/mol. The lowest BCUT2D eigenvalue weighted by molar-refractivity contribution is -0.873. The molecule has 0 aromatic carbocycles. The molecule has 0 unspecified atom stereocenters. The molecular formula is C18H42N3O3+3. The van der Waals surface area contributed by atoms with Crippen LogP contribution in [0, 0.1) is 0 Å². The van der Waals surface area contributed by atoms with Crippen molar-refractivity contribution in [3.05, 3.63) is 0 Å². The zero-order chi connectivity index (χ0) is 18.6. The number of hydrogen-bond acceptors (Lipinski definition) is 3. The molecule has 0 atom stereocenters. The first kappa shape index (κ1) is 21.8. The van der Waals surface area contributed by atoms with Crippen molar-refractivity contribution in [3.63, 3.8) is 0 Å². The lowest BCUT2D eigenvalue weighted by Gasteiger charge is -2.38. The summed E-state index contributed by atoms with van der Waals surface area (Å²) in [7, 11) is 19.8. The molecule has 1 fully saturated rings. The van der Waals surface area contributed by atoms with Gasteiger partial charge in [0.05, 0.1) is 83.1 Å². The zero-order valence-electron chi connectivity index (χ0n) is 17.5. The van der Waals surface area contributed by atoms with Gasteiger partial charge in [-0.2, -0.15) is 0 Å². The molecular weight excluding hydrogens is 306 g/mol. The molecule has 1 heterocycles. The fourth-order valence-electron chi connectivity index (χ4n) is 2.49. The minimum Gasteiger partial charge on any atom is -0.331 e. The summed E-state index contributed by atoms with van der Waals surface area (Å²) in [6, 6.07) is 0. The molecule has 0 amide bonds. The fraction of sp³-hybridized carbons (Fsp3) is 1.00. The molecule has 6 nitrogen and oxygen atoms in total. The highest BCUT2D eigenvalue weighted by atomic mass is 16.9. The summed E-state index contributed by atoms with van der Waals surface area (Å²) in [5, 5.41) is 0. The molecule has 144 valence electrons. The van der Waals surface area contributed by atoms with E-state index in [-0.39, 0.29) is 18.9 Å². The Hall–Kier alpha value is -0.240. The standard InChI is InChI=1S/C18H42N3O3/c1-19(2,3)13-10-16-22-17(11-14-20(4,5)6)24-18(23-16)12-15-21(7,8)9/h16-18H,10-15H2,1-9H3/q+3. The van der Waals surface area contributed by atoms with Crippen molar-refractivity contribution in [2.75, 3.05) is 83.1 Å². The van der Waals surface area contributed by atoms with Gasteiger partial charge in [-0.3, -0.25) is 0 Å². The molecule has 24 heavy (non-hydrogen) atoms. The van der Waals surface area contributed by atoms with E-state index in [9.17, 15) is 0 Å². The van der Waals surface area contributed by atoms with Crippen molar-refractivity contribution in [1.82, 2.24) is 0 Å². The van der Waals surface area contributed by atoms with Crippen molar-refractivity contribution < 1.29 is 27.7 Å². The number of quaternary nitrogens is 3. The number of ether oxygens (including phenoxy) is 3. The molecule has 0 spiro atoms. The van der Waals surface area contributed by atoms with Crippen LogP contribution in [0.5, 0.6) is 0 Å². The Bertz CT molecular complexity index is 306. The number of nitrogens with zero attached hydrogens (tertiary/aromatic N) is 3. The van der Waals surface area contributed by atoms with Gasteiger partial charge in [-0.15, -0.1) is 0 Å². The number of rotatable bonds is 9. The molecule has 0 aliphatic carbocycles. The third-order valence-corrected chi connectivity index (χ3v) is 4.02. The summed E-state index contributed by atoms with van der Waals surface area (Å²) < 4.78 is 21.0. The van der Waals surface area contributed by atoms with E-state index in [1.54, 1.807) is 0 Å². The largest absolute Gasteiger partial charge is 0.331 e. The van der Waals surface area contributed by atoms with Crippen LogP contribution >= 0.6 is 0 Å². The molecule has 1 saturated heterocycles. The first-order valence-corrected chi connectivity index (χ1v) is 9.11. The van der Waals surface area contributed by atoms with E-state index in [1.807, 2.05) is 0 Å². The Morgan fingerprint density at radius 1 is 0.458 bits per heavy atom. The first-order valence-electron chi connectivity index (χ1n) is 9.11. The minimum absolute atomic E-state index is 0.161. The molecule has 1 rings (SSSR count). The highest BCUT2D eigenvalue weighted by Gasteiger charge is 2.33. The lowest BCUT2D eigenvalue weighted by atomic mass is 10.3. The molecule has 1 aliphatic rings. The molecule has 0 saturated carbocycles. The third-order valence-electron chi connectivity index (χ3n) is 4.02. The van der Waals surface area contributed by atoms with E-state index in [4.69, 9.17) is 14.2 Å². The van der Waals surface area contributed by atoms with Crippen molar-refractivity contribution in [2.45, 2.75) is 38.1 Å². The molecule has 0 N–H and O–H groups in total. The Morgan fingerprint density at radius 2 is 0.667 bits per heavy atom. The van der Waals surface area contributed by atoms with Crippen LogP contribution in [0.2, 0.25) is 0 Å². The summed E-state index contributed by atoms with van der Waals surface area (Å²) in [6.07, 6.45) is 2.21. The minimum atomic E-state index is -0.161. The van der Waals surface area contributed by atoms with Crippen LogP contribution in [0.3, 0.4) is 0 Å². The molecule has 0 aromatic rings. The van der Waals surface area contributed by atoms with Crippen LogP contribution in [-0.2, 0) is 14.2 Å². The smallest absolute Gasteiger partial charge is 0.169 e. The van der Waals surface area contributed by atoms with Gasteiger partial charge >= 0.3 is 0 Å². The summed E-state index contributed by atoms with van der Waals surface area (Å²) in [5.74, 6) is 0. The van der Waals surface area contributed by atoms with Gasteiger partial charge in [0.25, 0.3) is 0 Å². The Labute approximate surface area is 149 Å². The summed E-state index contributed by atoms with van der Waals surface area (Å²) in [5.41, 5.74) is 0. The van der Waals surface area contributed by atoms with Crippen molar-refractivity contribution in [2.24, 2.45) is 0 Å². The van der Waals surface area contributed by atoms with Crippen LogP contribution in [0.4, 0.5) is 0 Å². The van der Waals surface area contributed by atoms with Crippen LogP contribution < -0.4 is 0 Å². The van der Waals surface area contributed by atoms with Gasteiger partial charge in [-0.1, -0.05) is 0 Å². The van der Waals surface area contributed by atoms with Crippen LogP contribution in [0.15, 0.2) is 0 Å². The van der Waals surface area contributed by atoms with Crippen LogP contribution in [-0.4, -0.2) is 115 Å². The fourth-order valence-corrected chi connectivity index (χ4v) is 2.49. The van der Waals surface area contributed by atoms with Crippen molar-refractivity contribution in [3.8, 4) is 0 Å². The Balaban J connectivity index is 2.60. The van der Waals surface area contributed by atoms with Crippen LogP contribution in [0.1, 0.15) is 19.3 Å². The maximum Gasteiger partial charge on any atom is 0.169 e. The van der Waals surface area contributed by atoms with Gasteiger partial charge in [-0.05, 0) is 0 Å². The molecule has 1 aliphatic heterocycles. The van der Waals surface area contributed by atoms with Gasteiger partial charge in [0.15, 0.2) is 18.9 Å². The zero-order valence-corrected chi connectivity index (χ0v) is 17.5. The van der Waals surface area contributed by atoms with E-state index >= 15 is 0 Å². The van der Waals surface area contributed by atoms with E-state index in [2.05, 4.69) is 63.4 Å². The maximum atomic E-state index is 6.07. The molecule has 0 radical (unpaired) electrons. The quantitative estimate of drug-likeness (QED) is 0.588. The molecule has 6 heteroatoms. The molecule has 0 aromatic heterocycles. The van der Waals surface area contributed by atoms with Gasteiger partial charge in [0.1, 0.15) is 0 Å². The average Bonchev–Trinajstić information content (AvgIpc) is 2.38. The lowest BCUT2D eigenvalue weighted by Crippen LogP contribution is -2.47. The normalized spacial score (nSPS) is 26.6. The second kappa shape index (κ2) is 8.43. The van der Waals surface area contributed by atoms with E-state index in [0.29, 0.717) is 0 Å². The predicted octanol–water partition coefficient (Wildman–Crippen LogP) is 1.32. The van der Waals surface area contributed by atoms with Crippen LogP contribution in [0.25, 0.3) is 0 Å². The Kier molecular flexibility index (Phi) is 7.66. The highest BCUT2D eigenvalue weighted by Crippen LogP contribution is 2.23. The van der Waals surface area contributed by atoms with Gasteiger partial charge in [0, 0.05) is 19.3 Å². The van der Waals surface area contributed by atoms with Gasteiger partial charge < -0.3 is 27.7 Å². The maximum absolute atomic E-state index is 6.07. The van der Waals surface area contributed by atoms with E-state index in [1.165, 1.54) is 0 Å². The SMILES string of the molecule is C[N+](C)(C)CCC1OC(CC[N+](C)(C)C)OC(CC[N+](C)(C)C)O1. The topological polar surface area (TPSA) is 27.7 Å². The first-order chi connectivity index (χ1) is 10.7. The molecule has 0 bridgehead atoms. The van der Waals surface area contributed by atoms with Gasteiger partial charge in [0.2, 0.25) is 0 Å². The van der Waals surface area contributed by atoms with Crippen molar-refractivity contribution in [1.29, 1.82) is 0 Å². The Morgan fingerprint density at radius 3 is 0.833 bits per heavy atom. The third kappa shape index (κ3) is 10.6. The van der Waals surface area contributed by atoms with Gasteiger partial charge in [-0.25, -0.2) is 0 Å².